The third-order valence-corrected chi connectivity index (χ3v) is 2.92. The van der Waals surface area contributed by atoms with E-state index in [1.165, 1.54) is 0 Å². The van der Waals surface area contributed by atoms with Crippen molar-refractivity contribution in [2.75, 3.05) is 27.2 Å². The van der Waals surface area contributed by atoms with Crippen LogP contribution in [-0.4, -0.2) is 66.2 Å². The van der Waals surface area contributed by atoms with Crippen LogP contribution < -0.4 is 5.73 Å². The number of likely N-dealkylation sites (tertiary alicyclic amines) is 1. The molecule has 1 heterocycles. The van der Waals surface area contributed by atoms with Gasteiger partial charge in [0.05, 0.1) is 12.1 Å². The van der Waals surface area contributed by atoms with Crippen LogP contribution in [0.4, 0.5) is 0 Å². The second kappa shape index (κ2) is 4.92. The van der Waals surface area contributed by atoms with Crippen LogP contribution in [0.1, 0.15) is 13.3 Å². The molecule has 5 nitrogen and oxygen atoms in total. The largest absolute Gasteiger partial charge is 0.392 e. The van der Waals surface area contributed by atoms with Crippen LogP contribution in [0.2, 0.25) is 0 Å². The van der Waals surface area contributed by atoms with Crippen molar-refractivity contribution in [2.45, 2.75) is 31.5 Å². The van der Waals surface area contributed by atoms with Crippen molar-refractivity contribution in [3.05, 3.63) is 0 Å². The van der Waals surface area contributed by atoms with Gasteiger partial charge in [-0.1, -0.05) is 0 Å². The number of nitrogens with zero attached hydrogens (tertiary/aromatic N) is 2. The number of likely N-dealkylation sites (N-methyl/N-ethyl adjacent to an activating group) is 1. The van der Waals surface area contributed by atoms with E-state index in [9.17, 15) is 9.90 Å². The van der Waals surface area contributed by atoms with Crippen LogP contribution in [0, 0.1) is 0 Å². The summed E-state index contributed by atoms with van der Waals surface area (Å²) in [5.41, 5.74) is 5.28. The van der Waals surface area contributed by atoms with E-state index in [0.29, 0.717) is 6.54 Å². The van der Waals surface area contributed by atoms with Gasteiger partial charge in [-0.05, 0) is 27.4 Å². The van der Waals surface area contributed by atoms with Crippen molar-refractivity contribution in [3.63, 3.8) is 0 Å². The first-order valence-electron chi connectivity index (χ1n) is 5.29. The lowest BCUT2D eigenvalue weighted by Crippen LogP contribution is -2.48. The van der Waals surface area contributed by atoms with Crippen molar-refractivity contribution in [3.8, 4) is 0 Å². The molecule has 0 aromatic heterocycles. The van der Waals surface area contributed by atoms with E-state index in [2.05, 4.69) is 4.90 Å². The topological polar surface area (TPSA) is 69.8 Å². The fourth-order valence-electron chi connectivity index (χ4n) is 2.16. The molecule has 88 valence electrons. The Kier molecular flexibility index (Phi) is 4.07. The van der Waals surface area contributed by atoms with E-state index in [0.717, 1.165) is 13.0 Å². The van der Waals surface area contributed by atoms with Gasteiger partial charge < -0.3 is 15.7 Å². The third-order valence-electron chi connectivity index (χ3n) is 2.92. The highest BCUT2D eigenvalue weighted by atomic mass is 16.3. The van der Waals surface area contributed by atoms with Crippen LogP contribution >= 0.6 is 0 Å². The fourth-order valence-corrected chi connectivity index (χ4v) is 2.16. The number of primary amides is 1. The van der Waals surface area contributed by atoms with E-state index in [-0.39, 0.29) is 24.1 Å². The first-order valence-corrected chi connectivity index (χ1v) is 5.29. The molecule has 0 spiro atoms. The molecule has 15 heavy (non-hydrogen) atoms. The third kappa shape index (κ3) is 3.15. The molecule has 3 atom stereocenters. The average molecular weight is 215 g/mol. The Morgan fingerprint density at radius 1 is 1.67 bits per heavy atom. The summed E-state index contributed by atoms with van der Waals surface area (Å²) in [5.74, 6) is -0.326. The minimum absolute atomic E-state index is 0.220. The molecule has 1 saturated heterocycles. The zero-order valence-corrected chi connectivity index (χ0v) is 9.68. The van der Waals surface area contributed by atoms with Crippen molar-refractivity contribution >= 4 is 5.91 Å². The molecule has 1 aliphatic rings. The molecule has 1 amide bonds. The maximum Gasteiger partial charge on any atom is 0.234 e. The molecule has 0 aromatic carbocycles. The molecule has 0 aromatic rings. The van der Waals surface area contributed by atoms with Gasteiger partial charge in [0.15, 0.2) is 0 Å². The maximum atomic E-state index is 11.1. The Hall–Kier alpha value is -0.650. The van der Waals surface area contributed by atoms with Gasteiger partial charge in [-0.2, -0.15) is 0 Å². The summed E-state index contributed by atoms with van der Waals surface area (Å²) >= 11 is 0. The molecule has 0 bridgehead atoms. The zero-order chi connectivity index (χ0) is 11.6. The molecule has 3 unspecified atom stereocenters. The number of hydrogen-bond acceptors (Lipinski definition) is 4. The van der Waals surface area contributed by atoms with Gasteiger partial charge in [0, 0.05) is 19.1 Å². The molecule has 3 N–H and O–H groups in total. The van der Waals surface area contributed by atoms with Gasteiger partial charge in [-0.25, -0.2) is 0 Å². The standard InChI is InChI=1S/C10H21N3O2/c1-7(10(11)15)13-6-9(14)4-8(13)5-12(2)3/h7-9,14H,4-6H2,1-3H3,(H2,11,15). The van der Waals surface area contributed by atoms with Crippen molar-refractivity contribution in [1.29, 1.82) is 0 Å². The van der Waals surface area contributed by atoms with Crippen molar-refractivity contribution < 1.29 is 9.90 Å². The van der Waals surface area contributed by atoms with E-state index >= 15 is 0 Å². The maximum absolute atomic E-state index is 11.1. The monoisotopic (exact) mass is 215 g/mol. The molecule has 1 rings (SSSR count). The summed E-state index contributed by atoms with van der Waals surface area (Å²) in [4.78, 5) is 15.2. The van der Waals surface area contributed by atoms with E-state index in [4.69, 9.17) is 5.73 Å². The minimum atomic E-state index is -0.336. The number of carbonyl (C=O) groups excluding carboxylic acids is 1. The summed E-state index contributed by atoms with van der Waals surface area (Å²) in [6, 6.07) is -0.0791. The van der Waals surface area contributed by atoms with Crippen molar-refractivity contribution in [1.82, 2.24) is 9.80 Å². The zero-order valence-electron chi connectivity index (χ0n) is 9.68. The van der Waals surface area contributed by atoms with Crippen LogP contribution in [0.5, 0.6) is 0 Å². The fraction of sp³-hybridized carbons (Fsp3) is 0.900. The lowest BCUT2D eigenvalue weighted by molar-refractivity contribution is -0.123. The summed E-state index contributed by atoms with van der Waals surface area (Å²) in [5, 5.41) is 9.60. The predicted molar refractivity (Wildman–Crippen MR) is 58.3 cm³/mol. The SMILES string of the molecule is CC(C(N)=O)N1CC(O)CC1CN(C)C. The minimum Gasteiger partial charge on any atom is -0.392 e. The van der Waals surface area contributed by atoms with E-state index in [1.54, 1.807) is 6.92 Å². The Labute approximate surface area is 90.8 Å². The number of nitrogens with two attached hydrogens (primary N) is 1. The van der Waals surface area contributed by atoms with E-state index < -0.39 is 0 Å². The Bertz CT molecular complexity index is 233. The van der Waals surface area contributed by atoms with Crippen LogP contribution in [-0.2, 0) is 4.79 Å². The number of β-amino-alcohol motifs (C(OH)–C–C–N with tert-alkyl or cyclic N) is 1. The molecule has 0 aliphatic carbocycles. The first-order chi connectivity index (χ1) is 6.91. The predicted octanol–water partition coefficient (Wildman–Crippen LogP) is -1.14. The summed E-state index contributed by atoms with van der Waals surface area (Å²) in [7, 11) is 3.97. The molecule has 5 heteroatoms. The number of aliphatic hydroxyl groups excluding tert-OH is 1. The molecule has 1 aliphatic heterocycles. The number of amides is 1. The molecular weight excluding hydrogens is 194 g/mol. The Morgan fingerprint density at radius 2 is 2.27 bits per heavy atom. The number of hydrogen-bond donors (Lipinski definition) is 2. The average Bonchev–Trinajstić information content (AvgIpc) is 2.44. The van der Waals surface area contributed by atoms with Gasteiger partial charge in [0.25, 0.3) is 0 Å². The quantitative estimate of drug-likeness (QED) is 0.622. The second-order valence-corrected chi connectivity index (χ2v) is 4.58. The smallest absolute Gasteiger partial charge is 0.234 e. The summed E-state index contributed by atoms with van der Waals surface area (Å²) < 4.78 is 0. The van der Waals surface area contributed by atoms with Gasteiger partial charge in [-0.15, -0.1) is 0 Å². The normalized spacial score (nSPS) is 29.7. The lowest BCUT2D eigenvalue weighted by atomic mass is 10.1. The summed E-state index contributed by atoms with van der Waals surface area (Å²) in [6.45, 7) is 3.18. The Balaban J connectivity index is 2.64. The molecule has 0 radical (unpaired) electrons. The van der Waals surface area contributed by atoms with Gasteiger partial charge in [0.2, 0.25) is 5.91 Å². The second-order valence-electron chi connectivity index (χ2n) is 4.58. The first kappa shape index (κ1) is 12.4. The van der Waals surface area contributed by atoms with Gasteiger partial charge in [-0.3, -0.25) is 9.69 Å². The van der Waals surface area contributed by atoms with Crippen LogP contribution in [0.3, 0.4) is 0 Å². The van der Waals surface area contributed by atoms with Crippen molar-refractivity contribution in [2.24, 2.45) is 5.73 Å². The highest BCUT2D eigenvalue weighted by molar-refractivity contribution is 5.79. The number of aliphatic hydroxyl groups is 1. The highest BCUT2D eigenvalue weighted by Gasteiger charge is 2.35. The van der Waals surface area contributed by atoms with Crippen LogP contribution in [0.15, 0.2) is 0 Å². The molecule has 1 fully saturated rings. The van der Waals surface area contributed by atoms with E-state index in [1.807, 2.05) is 19.0 Å². The van der Waals surface area contributed by atoms with Crippen LogP contribution in [0.25, 0.3) is 0 Å². The number of carbonyl (C=O) groups is 1. The summed E-state index contributed by atoms with van der Waals surface area (Å²) in [6.07, 6.45) is 0.382. The number of rotatable bonds is 4. The molecular formula is C10H21N3O2. The van der Waals surface area contributed by atoms with Gasteiger partial charge >= 0.3 is 0 Å². The molecule has 0 saturated carbocycles. The highest BCUT2D eigenvalue weighted by Crippen LogP contribution is 2.20. The van der Waals surface area contributed by atoms with Gasteiger partial charge in [0.1, 0.15) is 0 Å². The Morgan fingerprint density at radius 3 is 2.73 bits per heavy atom. The lowest BCUT2D eigenvalue weighted by Gasteiger charge is -2.30.